The molecule has 2 N–H and O–H groups in total. The van der Waals surface area contributed by atoms with Crippen molar-refractivity contribution < 1.29 is 9.53 Å². The zero-order chi connectivity index (χ0) is 16.8. The average molecular weight is 322 g/mol. The van der Waals surface area contributed by atoms with Crippen LogP contribution < -0.4 is 10.1 Å². The summed E-state index contributed by atoms with van der Waals surface area (Å²) in [5.74, 6) is 1.06. The van der Waals surface area contributed by atoms with Crippen molar-refractivity contribution >= 4 is 11.7 Å². The molecule has 0 aliphatic rings. The second-order valence-electron chi connectivity index (χ2n) is 5.30. The van der Waals surface area contributed by atoms with E-state index in [-0.39, 0.29) is 5.91 Å². The summed E-state index contributed by atoms with van der Waals surface area (Å²) in [4.78, 5) is 16.0. The van der Waals surface area contributed by atoms with Crippen molar-refractivity contribution in [3.05, 3.63) is 71.7 Å². The van der Waals surface area contributed by atoms with Crippen LogP contribution in [0.1, 0.15) is 21.7 Å². The number of benzene rings is 1. The maximum absolute atomic E-state index is 12.0. The lowest BCUT2D eigenvalue weighted by Crippen LogP contribution is -2.13. The van der Waals surface area contributed by atoms with Crippen LogP contribution in [-0.2, 0) is 12.8 Å². The van der Waals surface area contributed by atoms with Gasteiger partial charge in [0.1, 0.15) is 11.4 Å². The summed E-state index contributed by atoms with van der Waals surface area (Å²) >= 11 is 0. The summed E-state index contributed by atoms with van der Waals surface area (Å²) in [6.45, 7) is 0. The summed E-state index contributed by atoms with van der Waals surface area (Å²) in [5.41, 5.74) is 2.50. The van der Waals surface area contributed by atoms with Crippen molar-refractivity contribution in [3.8, 4) is 5.75 Å². The molecule has 0 aliphatic heterocycles. The van der Waals surface area contributed by atoms with E-state index in [2.05, 4.69) is 26.6 Å². The number of carbonyl (C=O) groups excluding carboxylic acids is 1. The number of carbonyl (C=O) groups is 1. The molecular formula is C18H18N4O2. The first-order chi connectivity index (χ1) is 11.7. The number of H-pyrrole nitrogens is 1. The topological polar surface area (TPSA) is 79.9 Å². The Balaban J connectivity index is 1.58. The lowest BCUT2D eigenvalue weighted by molar-refractivity contribution is 0.102. The highest BCUT2D eigenvalue weighted by Crippen LogP contribution is 2.15. The number of hydrogen-bond acceptors (Lipinski definition) is 4. The van der Waals surface area contributed by atoms with E-state index < -0.39 is 0 Å². The summed E-state index contributed by atoms with van der Waals surface area (Å²) in [7, 11) is 1.66. The molecule has 1 amide bonds. The molecule has 6 nitrogen and oxygen atoms in total. The number of aromatic nitrogens is 3. The Morgan fingerprint density at radius 3 is 2.88 bits per heavy atom. The molecule has 0 bridgehead atoms. The number of pyridine rings is 1. The van der Waals surface area contributed by atoms with E-state index >= 15 is 0 Å². The fourth-order valence-corrected chi connectivity index (χ4v) is 2.34. The number of nitrogens with one attached hydrogen (secondary N) is 2. The SMILES string of the molecule is COc1cccc(CCc2cc(NC(=O)c3ccccn3)n[nH]2)c1. The number of nitrogens with zero attached hydrogens (tertiary/aromatic N) is 2. The maximum Gasteiger partial charge on any atom is 0.275 e. The third kappa shape index (κ3) is 3.98. The van der Waals surface area contributed by atoms with Crippen LogP contribution in [0.3, 0.4) is 0 Å². The zero-order valence-electron chi connectivity index (χ0n) is 13.3. The molecule has 0 aliphatic carbocycles. The Hall–Kier alpha value is -3.15. The molecule has 0 fully saturated rings. The second kappa shape index (κ2) is 7.41. The van der Waals surface area contributed by atoms with Gasteiger partial charge in [-0.15, -0.1) is 0 Å². The van der Waals surface area contributed by atoms with Crippen molar-refractivity contribution in [2.75, 3.05) is 12.4 Å². The lowest BCUT2D eigenvalue weighted by atomic mass is 10.1. The van der Waals surface area contributed by atoms with Gasteiger partial charge in [0.05, 0.1) is 7.11 Å². The molecule has 0 radical (unpaired) electrons. The lowest BCUT2D eigenvalue weighted by Gasteiger charge is -2.03. The number of methoxy groups -OCH3 is 1. The second-order valence-corrected chi connectivity index (χ2v) is 5.30. The Morgan fingerprint density at radius 2 is 2.08 bits per heavy atom. The van der Waals surface area contributed by atoms with Gasteiger partial charge in [0.15, 0.2) is 5.82 Å². The standard InChI is InChI=1S/C18H18N4O2/c1-24-15-6-4-5-13(11-15)8-9-14-12-17(22-21-14)20-18(23)16-7-2-3-10-19-16/h2-7,10-12H,8-9H2,1H3,(H2,20,21,22,23). The molecule has 6 heteroatoms. The van der Waals surface area contributed by atoms with Gasteiger partial charge in [0.25, 0.3) is 5.91 Å². The van der Waals surface area contributed by atoms with Crippen LogP contribution in [0.5, 0.6) is 5.75 Å². The monoisotopic (exact) mass is 322 g/mol. The Labute approximate surface area is 139 Å². The molecule has 2 aromatic heterocycles. The Bertz CT molecular complexity index is 815. The highest BCUT2D eigenvalue weighted by Gasteiger charge is 2.09. The van der Waals surface area contributed by atoms with Gasteiger partial charge in [-0.25, -0.2) is 0 Å². The van der Waals surface area contributed by atoms with Crippen molar-refractivity contribution in [2.24, 2.45) is 0 Å². The van der Waals surface area contributed by atoms with Gasteiger partial charge < -0.3 is 10.1 Å². The molecule has 2 heterocycles. The number of anilines is 1. The summed E-state index contributed by atoms with van der Waals surface area (Å²) in [5, 5.41) is 9.79. The normalized spacial score (nSPS) is 10.4. The van der Waals surface area contributed by atoms with Crippen LogP contribution in [0.15, 0.2) is 54.7 Å². The first-order valence-corrected chi connectivity index (χ1v) is 7.64. The quantitative estimate of drug-likeness (QED) is 0.731. The maximum atomic E-state index is 12.0. The van der Waals surface area contributed by atoms with Crippen molar-refractivity contribution in [3.63, 3.8) is 0 Å². The molecule has 0 atom stereocenters. The van der Waals surface area contributed by atoms with E-state index in [1.807, 2.05) is 24.3 Å². The first-order valence-electron chi connectivity index (χ1n) is 7.64. The van der Waals surface area contributed by atoms with Gasteiger partial charge in [-0.05, 0) is 42.7 Å². The van der Waals surface area contributed by atoms with Gasteiger partial charge in [-0.1, -0.05) is 18.2 Å². The fourth-order valence-electron chi connectivity index (χ4n) is 2.34. The van der Waals surface area contributed by atoms with Gasteiger partial charge >= 0.3 is 0 Å². The van der Waals surface area contributed by atoms with Gasteiger partial charge in [-0.2, -0.15) is 5.10 Å². The Kier molecular flexibility index (Phi) is 4.86. The number of hydrogen-bond donors (Lipinski definition) is 2. The fraction of sp³-hybridized carbons (Fsp3) is 0.167. The summed E-state index contributed by atoms with van der Waals surface area (Å²) in [6.07, 6.45) is 3.23. The summed E-state index contributed by atoms with van der Waals surface area (Å²) < 4.78 is 5.22. The van der Waals surface area contributed by atoms with E-state index in [4.69, 9.17) is 4.74 Å². The van der Waals surface area contributed by atoms with Gasteiger partial charge in [0.2, 0.25) is 0 Å². The number of ether oxygens (including phenoxy) is 1. The minimum atomic E-state index is -0.276. The number of rotatable bonds is 6. The molecule has 0 unspecified atom stereocenters. The average Bonchev–Trinajstić information content (AvgIpc) is 3.08. The zero-order valence-corrected chi connectivity index (χ0v) is 13.3. The van der Waals surface area contributed by atoms with E-state index in [9.17, 15) is 4.79 Å². The highest BCUT2D eigenvalue weighted by molar-refractivity contribution is 6.02. The van der Waals surface area contributed by atoms with E-state index in [0.29, 0.717) is 11.5 Å². The van der Waals surface area contributed by atoms with E-state index in [1.165, 1.54) is 5.56 Å². The molecule has 24 heavy (non-hydrogen) atoms. The predicted molar refractivity (Wildman–Crippen MR) is 91.2 cm³/mol. The molecule has 3 aromatic rings. The van der Waals surface area contributed by atoms with E-state index in [0.717, 1.165) is 24.3 Å². The van der Waals surface area contributed by atoms with Crippen molar-refractivity contribution in [2.45, 2.75) is 12.8 Å². The minimum absolute atomic E-state index is 0.276. The van der Waals surface area contributed by atoms with Crippen LogP contribution in [0, 0.1) is 0 Å². The largest absolute Gasteiger partial charge is 0.497 e. The smallest absolute Gasteiger partial charge is 0.275 e. The summed E-state index contributed by atoms with van der Waals surface area (Å²) in [6, 6.07) is 15.0. The third-order valence-corrected chi connectivity index (χ3v) is 3.59. The molecule has 1 aromatic carbocycles. The number of amides is 1. The molecule has 0 spiro atoms. The predicted octanol–water partition coefficient (Wildman–Crippen LogP) is 2.85. The number of aryl methyl sites for hydroxylation is 2. The van der Waals surface area contributed by atoms with Crippen LogP contribution in [0.2, 0.25) is 0 Å². The Morgan fingerprint density at radius 1 is 1.17 bits per heavy atom. The van der Waals surface area contributed by atoms with Crippen LogP contribution in [0.25, 0.3) is 0 Å². The molecule has 3 rings (SSSR count). The highest BCUT2D eigenvalue weighted by atomic mass is 16.5. The first kappa shape index (κ1) is 15.7. The third-order valence-electron chi connectivity index (χ3n) is 3.59. The van der Waals surface area contributed by atoms with Gasteiger partial charge in [0, 0.05) is 18.0 Å². The van der Waals surface area contributed by atoms with E-state index in [1.54, 1.807) is 31.5 Å². The van der Waals surface area contributed by atoms with Crippen LogP contribution in [-0.4, -0.2) is 28.2 Å². The molecule has 0 saturated heterocycles. The van der Waals surface area contributed by atoms with Crippen molar-refractivity contribution in [1.29, 1.82) is 0 Å². The minimum Gasteiger partial charge on any atom is -0.497 e. The number of aromatic amines is 1. The molecule has 122 valence electrons. The van der Waals surface area contributed by atoms with Crippen LogP contribution >= 0.6 is 0 Å². The van der Waals surface area contributed by atoms with Crippen molar-refractivity contribution in [1.82, 2.24) is 15.2 Å². The van der Waals surface area contributed by atoms with Gasteiger partial charge in [-0.3, -0.25) is 14.9 Å². The molecular weight excluding hydrogens is 304 g/mol. The molecule has 0 saturated carbocycles. The van der Waals surface area contributed by atoms with Crippen LogP contribution in [0.4, 0.5) is 5.82 Å².